The summed E-state index contributed by atoms with van der Waals surface area (Å²) in [6.07, 6.45) is 5.40. The van der Waals surface area contributed by atoms with Crippen molar-refractivity contribution in [2.45, 2.75) is 81.9 Å². The molecule has 2 N–H and O–H groups in total. The zero-order chi connectivity index (χ0) is 44.0. The topological polar surface area (TPSA) is 210 Å². The predicted octanol–water partition coefficient (Wildman–Crippen LogP) is 4.72. The van der Waals surface area contributed by atoms with Crippen LogP contribution in [0.25, 0.3) is 17.4 Å². The number of carbonyl (C=O) groups is 3. The molecule has 60 heavy (non-hydrogen) atoms. The van der Waals surface area contributed by atoms with Crippen molar-refractivity contribution < 1.29 is 59.1 Å². The number of hydrogen-bond donors (Lipinski definition) is 2. The van der Waals surface area contributed by atoms with Gasteiger partial charge in [0.05, 0.1) is 16.7 Å². The molecule has 1 aromatic carbocycles. The van der Waals surface area contributed by atoms with E-state index in [1.807, 2.05) is 36.1 Å². The second-order valence-corrected chi connectivity index (χ2v) is 19.0. The molecule has 18 heteroatoms. The quantitative estimate of drug-likeness (QED) is 0.101. The van der Waals surface area contributed by atoms with Crippen molar-refractivity contribution in [2.24, 2.45) is 0 Å². The Morgan fingerprint density at radius 1 is 0.950 bits per heavy atom. The van der Waals surface area contributed by atoms with Gasteiger partial charge in [-0.2, -0.15) is 16.8 Å². The summed E-state index contributed by atoms with van der Waals surface area (Å²) in [7, 11) is -5.66. The lowest BCUT2D eigenvalue weighted by Gasteiger charge is -2.30. The molecule has 0 radical (unpaired) electrons. The molecule has 1 fully saturated rings. The lowest BCUT2D eigenvalue weighted by atomic mass is 9.77. The van der Waals surface area contributed by atoms with E-state index in [9.17, 15) is 40.3 Å². The zero-order valence-corrected chi connectivity index (χ0v) is 36.4. The van der Waals surface area contributed by atoms with Crippen LogP contribution in [0.3, 0.4) is 0 Å². The van der Waals surface area contributed by atoms with Gasteiger partial charge in [0.2, 0.25) is 5.36 Å². The lowest BCUT2D eigenvalue weighted by Crippen LogP contribution is -2.35. The van der Waals surface area contributed by atoms with E-state index >= 15 is 0 Å². The second kappa shape index (κ2) is 18.9. The van der Waals surface area contributed by atoms with E-state index in [1.165, 1.54) is 18.2 Å². The molecular formula is C42H54N3O13S2+. The Kier molecular flexibility index (Phi) is 14.6. The molecule has 3 heterocycles. The Morgan fingerprint density at radius 2 is 1.62 bits per heavy atom. The first-order chi connectivity index (χ1) is 28.2. The summed E-state index contributed by atoms with van der Waals surface area (Å²) in [4.78, 5) is 43.5. The average Bonchev–Trinajstić information content (AvgIpc) is 3.60. The number of benzene rings is 2. The second-order valence-electron chi connectivity index (χ2n) is 16.1. The van der Waals surface area contributed by atoms with E-state index in [4.69, 9.17) is 18.7 Å². The van der Waals surface area contributed by atoms with Crippen molar-refractivity contribution in [3.05, 3.63) is 82.6 Å². The van der Waals surface area contributed by atoms with Gasteiger partial charge in [-0.25, -0.2) is 9.37 Å². The predicted molar refractivity (Wildman–Crippen MR) is 223 cm³/mol. The van der Waals surface area contributed by atoms with Crippen molar-refractivity contribution in [3.8, 4) is 11.3 Å². The smallest absolute Gasteiger partial charge is 0.333 e. The van der Waals surface area contributed by atoms with Crippen LogP contribution in [0.1, 0.15) is 83.1 Å². The summed E-state index contributed by atoms with van der Waals surface area (Å²) < 4.78 is 87.2. The van der Waals surface area contributed by atoms with Crippen molar-refractivity contribution in [1.82, 2.24) is 9.64 Å². The Labute approximate surface area is 350 Å². The molecule has 0 saturated carbocycles. The van der Waals surface area contributed by atoms with Gasteiger partial charge in [0, 0.05) is 68.5 Å². The number of ether oxygens (including phenoxy) is 2. The molecule has 0 bridgehead atoms. The minimum Gasteiger partial charge on any atom is -0.456 e. The van der Waals surface area contributed by atoms with Gasteiger partial charge in [-0.1, -0.05) is 26.8 Å². The number of fused-ring (bicyclic) bond motifs is 2. The number of imide groups is 1. The monoisotopic (exact) mass is 872 g/mol. The molecule has 1 aromatic rings. The number of methoxy groups -OCH3 is 2. The number of allylic oxidation sites excluding steroid dienone is 3. The van der Waals surface area contributed by atoms with Crippen LogP contribution < -0.4 is 14.8 Å². The van der Waals surface area contributed by atoms with Gasteiger partial charge < -0.3 is 23.6 Å². The van der Waals surface area contributed by atoms with Crippen LogP contribution in [0.4, 0.5) is 5.69 Å². The Bertz CT molecular complexity index is 2410. The fraction of sp³-hybridized carbons (Fsp3) is 0.476. The van der Waals surface area contributed by atoms with E-state index in [2.05, 4.69) is 25.3 Å². The summed E-state index contributed by atoms with van der Waals surface area (Å²) in [6.45, 7) is 10.6. The van der Waals surface area contributed by atoms with Crippen molar-refractivity contribution in [3.63, 3.8) is 0 Å². The summed E-state index contributed by atoms with van der Waals surface area (Å²) >= 11 is 0. The molecule has 326 valence electrons. The van der Waals surface area contributed by atoms with E-state index < -0.39 is 49.2 Å². The molecule has 4 aliphatic rings. The fourth-order valence-electron chi connectivity index (χ4n) is 7.59. The maximum atomic E-state index is 12.8. The minimum absolute atomic E-state index is 0.00272. The van der Waals surface area contributed by atoms with E-state index in [0.717, 1.165) is 16.5 Å². The molecule has 1 aliphatic carbocycles. The van der Waals surface area contributed by atoms with Crippen molar-refractivity contribution >= 4 is 49.8 Å². The first kappa shape index (κ1) is 46.3. The molecule has 1 atom stereocenters. The highest BCUT2D eigenvalue weighted by molar-refractivity contribution is 7.86. The first-order valence-electron chi connectivity index (χ1n) is 19.6. The maximum absolute atomic E-state index is 12.8. The Balaban J connectivity index is 1.60. The molecule has 1 saturated heterocycles. The zero-order valence-electron chi connectivity index (χ0n) is 34.8. The number of hydrogen-bond acceptors (Lipinski definition) is 12. The molecule has 5 rings (SSSR count). The summed E-state index contributed by atoms with van der Waals surface area (Å²) in [6, 6.07) is 12.2. The van der Waals surface area contributed by atoms with Crippen LogP contribution in [0, 0.1) is 0 Å². The normalized spacial score (nSPS) is 18.0. The third-order valence-electron chi connectivity index (χ3n) is 10.6. The number of amides is 2. The van der Waals surface area contributed by atoms with Crippen LogP contribution in [0.5, 0.6) is 0 Å². The van der Waals surface area contributed by atoms with Crippen molar-refractivity contribution in [1.29, 1.82) is 0 Å². The number of carbonyl (C=O) groups excluding carboxylic acids is 3. The summed E-state index contributed by atoms with van der Waals surface area (Å²) in [5, 5.41) is 1.40. The van der Waals surface area contributed by atoms with Crippen LogP contribution in [-0.2, 0) is 59.8 Å². The van der Waals surface area contributed by atoms with Crippen molar-refractivity contribution in [2.75, 3.05) is 57.7 Å². The molecular weight excluding hydrogens is 819 g/mol. The highest BCUT2D eigenvalue weighted by Gasteiger charge is 2.44. The Morgan fingerprint density at radius 3 is 2.22 bits per heavy atom. The van der Waals surface area contributed by atoms with Gasteiger partial charge in [-0.05, 0) is 85.2 Å². The van der Waals surface area contributed by atoms with Gasteiger partial charge in [-0.3, -0.25) is 18.7 Å². The third-order valence-corrected chi connectivity index (χ3v) is 12.3. The number of rotatable bonds is 18. The Hall–Kier alpha value is -4.72. The van der Waals surface area contributed by atoms with Gasteiger partial charge >= 0.3 is 5.97 Å². The largest absolute Gasteiger partial charge is 0.456 e. The third kappa shape index (κ3) is 11.2. The molecule has 16 nitrogen and oxygen atoms in total. The molecule has 3 aliphatic heterocycles. The van der Waals surface area contributed by atoms with Crippen LogP contribution in [-0.4, -0.2) is 102 Å². The minimum atomic E-state index is -4.64. The highest BCUT2D eigenvalue weighted by Crippen LogP contribution is 2.51. The molecule has 2 amide bonds. The standard InChI is InChI=1S/C42H53N3O13S2/c1-41(2,3)33-27-30(57-36-26-29(13-15-32(33)36)43(21-23-55-5)22-24-56-6)10-7-11-37-42(4,19-8-12-40(48)58-45-38(46)17-18-39(45)47)34-28-31(60(52,53)54)14-16-35(34)44(37)20-9-25-59(49,50)51/h7,10-11,13-16,26-28H,8-9,12,17-25H2,1-6H3,(H-,49,50,51,52,53,54)/p+1. The SMILES string of the molecule is COCC[N+](CCOC)=c1ccc2c(C(C)(C)C)cc(/C=C/C=C3/N(CCCS(=O)(=O)O)c4ccc(S(=O)(=O)O)cc4C3(C)CCCC(=O)ON3C(=O)CCC3=O)oc-2c1. The lowest BCUT2D eigenvalue weighted by molar-refractivity contribution is -0.197. The highest BCUT2D eigenvalue weighted by atomic mass is 32.2. The van der Waals surface area contributed by atoms with E-state index in [1.54, 1.807) is 32.4 Å². The number of anilines is 1. The summed E-state index contributed by atoms with van der Waals surface area (Å²) in [5.41, 5.74) is 2.26. The molecule has 1 unspecified atom stereocenters. The first-order valence-corrected chi connectivity index (χ1v) is 22.7. The van der Waals surface area contributed by atoms with Gasteiger partial charge in [0.15, 0.2) is 13.1 Å². The van der Waals surface area contributed by atoms with Crippen LogP contribution in [0.15, 0.2) is 69.6 Å². The van der Waals surface area contributed by atoms with Gasteiger partial charge in [0.25, 0.3) is 32.1 Å². The van der Waals surface area contributed by atoms with Gasteiger partial charge in [-0.15, -0.1) is 5.06 Å². The molecule has 0 spiro atoms. The maximum Gasteiger partial charge on any atom is 0.333 e. The van der Waals surface area contributed by atoms with E-state index in [0.29, 0.717) is 59.8 Å². The average molecular weight is 873 g/mol. The van der Waals surface area contributed by atoms with E-state index in [-0.39, 0.29) is 55.4 Å². The summed E-state index contributed by atoms with van der Waals surface area (Å²) in [5.74, 6) is -1.39. The molecule has 0 aromatic heterocycles. The number of nitrogens with zero attached hydrogens (tertiary/aromatic N) is 3. The fourth-order valence-corrected chi connectivity index (χ4v) is 8.59. The number of hydroxylamine groups is 2. The van der Waals surface area contributed by atoms with Crippen LogP contribution in [0.2, 0.25) is 0 Å². The van der Waals surface area contributed by atoms with Gasteiger partial charge in [0.1, 0.15) is 24.7 Å². The van der Waals surface area contributed by atoms with Crippen LogP contribution >= 0.6 is 0 Å².